The first-order valence-electron chi connectivity index (χ1n) is 7.05. The van der Waals surface area contributed by atoms with Gasteiger partial charge in [-0.3, -0.25) is 4.79 Å². The van der Waals surface area contributed by atoms with Gasteiger partial charge in [0.05, 0.1) is 12.0 Å². The number of amides is 1. The van der Waals surface area contributed by atoms with E-state index >= 15 is 0 Å². The number of carbonyl (C=O) groups is 1. The number of rotatable bonds is 3. The largest absolute Gasteiger partial charge is 0.416 e. The van der Waals surface area contributed by atoms with E-state index in [1.807, 2.05) is 0 Å². The van der Waals surface area contributed by atoms with Crippen LogP contribution in [0.4, 0.5) is 13.2 Å². The first kappa shape index (κ1) is 15.8. The Bertz CT molecular complexity index is 494. The zero-order chi connectivity index (χ0) is 15.5. The number of benzene rings is 1. The summed E-state index contributed by atoms with van der Waals surface area (Å²) in [4.78, 5) is 11.9. The molecule has 0 aliphatic heterocycles. The molecule has 0 spiro atoms. The molecule has 3 N–H and O–H groups in total. The van der Waals surface area contributed by atoms with Crippen molar-refractivity contribution in [2.75, 3.05) is 0 Å². The Morgan fingerprint density at radius 2 is 1.90 bits per heavy atom. The van der Waals surface area contributed by atoms with Crippen LogP contribution in [-0.2, 0) is 17.4 Å². The number of alkyl halides is 3. The van der Waals surface area contributed by atoms with Crippen LogP contribution >= 0.6 is 0 Å². The van der Waals surface area contributed by atoms with Gasteiger partial charge in [0.15, 0.2) is 0 Å². The molecule has 1 aliphatic rings. The lowest BCUT2D eigenvalue weighted by Crippen LogP contribution is -2.41. The maximum atomic E-state index is 12.6. The monoisotopic (exact) mass is 300 g/mol. The summed E-state index contributed by atoms with van der Waals surface area (Å²) >= 11 is 0. The van der Waals surface area contributed by atoms with E-state index in [2.05, 4.69) is 5.32 Å². The lowest BCUT2D eigenvalue weighted by molar-refractivity contribution is -0.137. The maximum absolute atomic E-state index is 12.6. The van der Waals surface area contributed by atoms with Gasteiger partial charge < -0.3 is 11.1 Å². The Morgan fingerprint density at radius 1 is 1.24 bits per heavy atom. The molecule has 1 aromatic rings. The summed E-state index contributed by atoms with van der Waals surface area (Å²) in [6.45, 7) is 0. The van der Waals surface area contributed by atoms with Crippen molar-refractivity contribution in [3.05, 3.63) is 35.4 Å². The highest BCUT2D eigenvalue weighted by Crippen LogP contribution is 2.29. The van der Waals surface area contributed by atoms with E-state index in [1.54, 1.807) is 0 Å². The van der Waals surface area contributed by atoms with E-state index < -0.39 is 11.7 Å². The van der Waals surface area contributed by atoms with Crippen LogP contribution in [-0.4, -0.2) is 18.0 Å². The second kappa shape index (κ2) is 6.47. The van der Waals surface area contributed by atoms with Crippen molar-refractivity contribution in [2.45, 2.75) is 50.4 Å². The maximum Gasteiger partial charge on any atom is 0.416 e. The van der Waals surface area contributed by atoms with E-state index in [9.17, 15) is 18.0 Å². The van der Waals surface area contributed by atoms with Crippen LogP contribution < -0.4 is 11.1 Å². The van der Waals surface area contributed by atoms with E-state index in [1.165, 1.54) is 12.1 Å². The van der Waals surface area contributed by atoms with Crippen molar-refractivity contribution in [3.8, 4) is 0 Å². The van der Waals surface area contributed by atoms with Gasteiger partial charge in [-0.2, -0.15) is 13.2 Å². The minimum Gasteiger partial charge on any atom is -0.353 e. The highest BCUT2D eigenvalue weighted by atomic mass is 19.4. The lowest BCUT2D eigenvalue weighted by Gasteiger charge is -2.26. The van der Waals surface area contributed by atoms with Crippen molar-refractivity contribution in [1.29, 1.82) is 0 Å². The van der Waals surface area contributed by atoms with Gasteiger partial charge in [-0.25, -0.2) is 0 Å². The molecule has 0 aromatic heterocycles. The fourth-order valence-corrected chi connectivity index (χ4v) is 2.59. The van der Waals surface area contributed by atoms with Gasteiger partial charge in [-0.05, 0) is 37.3 Å². The second-order valence-corrected chi connectivity index (χ2v) is 5.55. The highest BCUT2D eigenvalue weighted by molar-refractivity contribution is 5.78. The minimum atomic E-state index is -4.38. The molecule has 1 aliphatic carbocycles. The zero-order valence-corrected chi connectivity index (χ0v) is 11.6. The van der Waals surface area contributed by atoms with Crippen LogP contribution in [0.2, 0.25) is 0 Å². The summed E-state index contributed by atoms with van der Waals surface area (Å²) in [7, 11) is 0. The summed E-state index contributed by atoms with van der Waals surface area (Å²) < 4.78 is 37.8. The lowest BCUT2D eigenvalue weighted by atomic mass is 9.91. The van der Waals surface area contributed by atoms with Gasteiger partial charge in [0.25, 0.3) is 0 Å². The molecule has 6 heteroatoms. The fourth-order valence-electron chi connectivity index (χ4n) is 2.59. The number of nitrogens with two attached hydrogens (primary N) is 1. The van der Waals surface area contributed by atoms with Crippen LogP contribution in [0.25, 0.3) is 0 Å². The van der Waals surface area contributed by atoms with Gasteiger partial charge >= 0.3 is 6.18 Å². The summed E-state index contributed by atoms with van der Waals surface area (Å²) in [5, 5.41) is 2.87. The van der Waals surface area contributed by atoms with Gasteiger partial charge in [0, 0.05) is 12.1 Å². The number of hydrogen-bond donors (Lipinski definition) is 2. The molecule has 0 atom stereocenters. The van der Waals surface area contributed by atoms with Crippen molar-refractivity contribution < 1.29 is 18.0 Å². The van der Waals surface area contributed by atoms with Crippen molar-refractivity contribution >= 4 is 5.91 Å². The van der Waals surface area contributed by atoms with E-state index in [4.69, 9.17) is 5.73 Å². The minimum absolute atomic E-state index is 0.0352. The topological polar surface area (TPSA) is 55.1 Å². The van der Waals surface area contributed by atoms with E-state index in [-0.39, 0.29) is 24.4 Å². The summed E-state index contributed by atoms with van der Waals surface area (Å²) in [5.41, 5.74) is 5.43. The standard InChI is InChI=1S/C15H19F3N2O/c16-15(17,18)11-3-1-2-10(8-11)9-14(21)20-13-6-4-12(19)5-7-13/h1-3,8,12-13H,4-7,9,19H2,(H,20,21)/t12-,13-. The van der Waals surface area contributed by atoms with Crippen molar-refractivity contribution in [3.63, 3.8) is 0 Å². The molecule has 0 bridgehead atoms. The van der Waals surface area contributed by atoms with Crippen LogP contribution in [0.1, 0.15) is 36.8 Å². The summed E-state index contributed by atoms with van der Waals surface area (Å²) in [6, 6.07) is 5.17. The predicted molar refractivity (Wildman–Crippen MR) is 73.5 cm³/mol. The van der Waals surface area contributed by atoms with Crippen LogP contribution in [0.15, 0.2) is 24.3 Å². The molecule has 1 aromatic carbocycles. The molecule has 3 nitrogen and oxygen atoms in total. The van der Waals surface area contributed by atoms with Gasteiger partial charge in [0.2, 0.25) is 5.91 Å². The molecule has 0 saturated heterocycles. The quantitative estimate of drug-likeness (QED) is 0.901. The fraction of sp³-hybridized carbons (Fsp3) is 0.533. The highest BCUT2D eigenvalue weighted by Gasteiger charge is 2.30. The Hall–Kier alpha value is -1.56. The Balaban J connectivity index is 1.91. The molecule has 1 saturated carbocycles. The smallest absolute Gasteiger partial charge is 0.353 e. The van der Waals surface area contributed by atoms with Gasteiger partial charge in [-0.15, -0.1) is 0 Å². The summed E-state index contributed by atoms with van der Waals surface area (Å²) in [5.74, 6) is -0.241. The third-order valence-electron chi connectivity index (χ3n) is 3.76. The Labute approximate surface area is 121 Å². The molecule has 1 amide bonds. The first-order valence-corrected chi connectivity index (χ1v) is 7.05. The van der Waals surface area contributed by atoms with E-state index in [0.717, 1.165) is 37.8 Å². The summed E-state index contributed by atoms with van der Waals surface area (Å²) in [6.07, 6.45) is -1.02. The average Bonchev–Trinajstić information content (AvgIpc) is 2.41. The molecule has 1 fully saturated rings. The zero-order valence-electron chi connectivity index (χ0n) is 11.6. The second-order valence-electron chi connectivity index (χ2n) is 5.55. The number of nitrogens with one attached hydrogen (secondary N) is 1. The molecule has 0 unspecified atom stereocenters. The molecule has 0 heterocycles. The van der Waals surface area contributed by atoms with Gasteiger partial charge in [0.1, 0.15) is 0 Å². The van der Waals surface area contributed by atoms with Gasteiger partial charge in [-0.1, -0.05) is 18.2 Å². The number of halogens is 3. The molecule has 116 valence electrons. The average molecular weight is 300 g/mol. The third-order valence-corrected chi connectivity index (χ3v) is 3.76. The van der Waals surface area contributed by atoms with Crippen LogP contribution in [0, 0.1) is 0 Å². The molecule has 2 rings (SSSR count). The van der Waals surface area contributed by atoms with Crippen molar-refractivity contribution in [1.82, 2.24) is 5.32 Å². The van der Waals surface area contributed by atoms with E-state index in [0.29, 0.717) is 5.56 Å². The van der Waals surface area contributed by atoms with Crippen LogP contribution in [0.3, 0.4) is 0 Å². The SMILES string of the molecule is N[C@H]1CC[C@H](NC(=O)Cc2cccc(C(F)(F)F)c2)CC1. The van der Waals surface area contributed by atoms with Crippen LogP contribution in [0.5, 0.6) is 0 Å². The van der Waals surface area contributed by atoms with Crippen molar-refractivity contribution in [2.24, 2.45) is 5.73 Å². The molecular formula is C15H19F3N2O. The third kappa shape index (κ3) is 4.74. The molecular weight excluding hydrogens is 281 g/mol. The number of hydrogen-bond acceptors (Lipinski definition) is 2. The Morgan fingerprint density at radius 3 is 2.52 bits per heavy atom. The molecule has 0 radical (unpaired) electrons. The molecule has 21 heavy (non-hydrogen) atoms. The normalized spacial score (nSPS) is 22.9. The Kier molecular flexibility index (Phi) is 4.88. The number of carbonyl (C=O) groups excluding carboxylic acids is 1. The first-order chi connectivity index (χ1) is 9.84. The predicted octanol–water partition coefficient (Wildman–Crippen LogP) is 2.63.